The molecule has 0 saturated heterocycles. The Hall–Kier alpha value is -1.48. The van der Waals surface area contributed by atoms with Crippen LogP contribution >= 0.6 is 11.3 Å². The first-order valence-corrected chi connectivity index (χ1v) is 8.19. The molecule has 108 valence electrons. The summed E-state index contributed by atoms with van der Waals surface area (Å²) in [6, 6.07) is 6.30. The van der Waals surface area contributed by atoms with E-state index in [0.29, 0.717) is 12.2 Å². The van der Waals surface area contributed by atoms with Crippen molar-refractivity contribution in [1.29, 1.82) is 0 Å². The minimum atomic E-state index is -3.51. The Morgan fingerprint density at radius 2 is 2.00 bits per heavy atom. The molecule has 0 aliphatic heterocycles. The zero-order chi connectivity index (χ0) is 14.8. The Labute approximate surface area is 122 Å². The Bertz CT molecular complexity index is 680. The topological polar surface area (TPSA) is 88.3 Å². The van der Waals surface area contributed by atoms with E-state index in [9.17, 15) is 8.42 Å². The largest absolute Gasteiger partial charge is 0.324 e. The SMILES string of the molecule is Cc1ncsc1CN(C)S(=O)(=O)c1ccc(NN)cc1. The lowest BCUT2D eigenvalue weighted by Gasteiger charge is -2.16. The van der Waals surface area contributed by atoms with Gasteiger partial charge in [-0.15, -0.1) is 11.3 Å². The molecule has 3 N–H and O–H groups in total. The molecule has 1 aromatic carbocycles. The summed E-state index contributed by atoms with van der Waals surface area (Å²) in [7, 11) is -1.95. The summed E-state index contributed by atoms with van der Waals surface area (Å²) in [5.41, 5.74) is 5.70. The second kappa shape index (κ2) is 5.88. The Balaban J connectivity index is 2.22. The van der Waals surface area contributed by atoms with Gasteiger partial charge in [-0.2, -0.15) is 4.31 Å². The Morgan fingerprint density at radius 1 is 1.35 bits per heavy atom. The molecule has 2 aromatic rings. The zero-order valence-corrected chi connectivity index (χ0v) is 12.8. The van der Waals surface area contributed by atoms with Crippen molar-refractivity contribution in [2.24, 2.45) is 5.84 Å². The number of nitrogen functional groups attached to an aromatic ring is 1. The Kier molecular flexibility index (Phi) is 4.39. The average molecular weight is 312 g/mol. The summed E-state index contributed by atoms with van der Waals surface area (Å²) in [6.07, 6.45) is 0. The van der Waals surface area contributed by atoms with E-state index in [4.69, 9.17) is 5.84 Å². The predicted octanol–water partition coefficient (Wildman–Crippen LogP) is 1.56. The molecule has 0 aliphatic carbocycles. The number of anilines is 1. The van der Waals surface area contributed by atoms with E-state index in [-0.39, 0.29) is 4.90 Å². The molecule has 0 amide bonds. The van der Waals surface area contributed by atoms with Gasteiger partial charge in [0.1, 0.15) is 0 Å². The molecule has 0 saturated carbocycles. The van der Waals surface area contributed by atoms with Crippen molar-refractivity contribution in [2.45, 2.75) is 18.4 Å². The van der Waals surface area contributed by atoms with Crippen LogP contribution in [0.15, 0.2) is 34.7 Å². The fourth-order valence-corrected chi connectivity index (χ4v) is 3.72. The van der Waals surface area contributed by atoms with E-state index in [1.807, 2.05) is 6.92 Å². The fourth-order valence-electron chi connectivity index (χ4n) is 1.67. The minimum absolute atomic E-state index is 0.237. The van der Waals surface area contributed by atoms with Gasteiger partial charge in [0.15, 0.2) is 0 Å². The fraction of sp³-hybridized carbons (Fsp3) is 0.250. The summed E-state index contributed by atoms with van der Waals surface area (Å²) < 4.78 is 26.2. The monoisotopic (exact) mass is 312 g/mol. The third kappa shape index (κ3) is 2.98. The van der Waals surface area contributed by atoms with E-state index in [0.717, 1.165) is 10.6 Å². The van der Waals surface area contributed by atoms with Gasteiger partial charge in [0.25, 0.3) is 0 Å². The van der Waals surface area contributed by atoms with Crippen molar-refractivity contribution in [3.05, 3.63) is 40.3 Å². The molecule has 0 bridgehead atoms. The molecule has 0 fully saturated rings. The van der Waals surface area contributed by atoms with Gasteiger partial charge < -0.3 is 5.43 Å². The van der Waals surface area contributed by atoms with Gasteiger partial charge in [-0.05, 0) is 31.2 Å². The van der Waals surface area contributed by atoms with Crippen molar-refractivity contribution in [3.63, 3.8) is 0 Å². The normalized spacial score (nSPS) is 11.8. The van der Waals surface area contributed by atoms with E-state index >= 15 is 0 Å². The number of nitrogens with two attached hydrogens (primary N) is 1. The predicted molar refractivity (Wildman–Crippen MR) is 79.8 cm³/mol. The van der Waals surface area contributed by atoms with Gasteiger partial charge in [-0.25, -0.2) is 13.4 Å². The zero-order valence-electron chi connectivity index (χ0n) is 11.2. The molecule has 0 radical (unpaired) electrons. The van der Waals surface area contributed by atoms with E-state index in [1.165, 1.54) is 27.8 Å². The standard InChI is InChI=1S/C12H16N4O2S2/c1-9-12(19-8-14-9)7-16(2)20(17,18)11-5-3-10(15-13)4-6-11/h3-6,8,15H,7,13H2,1-2H3. The van der Waals surface area contributed by atoms with Gasteiger partial charge in [-0.1, -0.05) is 0 Å². The summed E-state index contributed by atoms with van der Waals surface area (Å²) in [5, 5.41) is 0. The van der Waals surface area contributed by atoms with Crippen LogP contribution in [-0.2, 0) is 16.6 Å². The van der Waals surface area contributed by atoms with Crippen LogP contribution in [-0.4, -0.2) is 24.8 Å². The van der Waals surface area contributed by atoms with Gasteiger partial charge in [0.2, 0.25) is 10.0 Å². The third-order valence-electron chi connectivity index (χ3n) is 2.94. The number of aryl methyl sites for hydroxylation is 1. The number of benzene rings is 1. The summed E-state index contributed by atoms with van der Waals surface area (Å²) >= 11 is 1.45. The van der Waals surface area contributed by atoms with Crippen molar-refractivity contribution in [1.82, 2.24) is 9.29 Å². The molecule has 0 atom stereocenters. The molecule has 2 rings (SSSR count). The Morgan fingerprint density at radius 3 is 2.50 bits per heavy atom. The van der Waals surface area contributed by atoms with Gasteiger partial charge in [0, 0.05) is 24.2 Å². The van der Waals surface area contributed by atoms with Crippen LogP contribution < -0.4 is 11.3 Å². The van der Waals surface area contributed by atoms with E-state index in [2.05, 4.69) is 10.4 Å². The van der Waals surface area contributed by atoms with Crippen molar-refractivity contribution in [3.8, 4) is 0 Å². The number of hydrogen-bond acceptors (Lipinski definition) is 6. The highest BCUT2D eigenvalue weighted by atomic mass is 32.2. The maximum absolute atomic E-state index is 12.4. The lowest BCUT2D eigenvalue weighted by Crippen LogP contribution is -2.26. The van der Waals surface area contributed by atoms with Gasteiger partial charge >= 0.3 is 0 Å². The number of hydrazine groups is 1. The molecule has 20 heavy (non-hydrogen) atoms. The molecular formula is C12H16N4O2S2. The second-order valence-electron chi connectivity index (χ2n) is 4.29. The first-order chi connectivity index (χ1) is 9.45. The van der Waals surface area contributed by atoms with Crippen LogP contribution in [0.1, 0.15) is 10.6 Å². The first kappa shape index (κ1) is 14.9. The molecule has 0 spiro atoms. The van der Waals surface area contributed by atoms with Crippen LogP contribution in [0.25, 0.3) is 0 Å². The highest BCUT2D eigenvalue weighted by Gasteiger charge is 2.21. The molecule has 8 heteroatoms. The lowest BCUT2D eigenvalue weighted by molar-refractivity contribution is 0.468. The number of hydrogen-bond donors (Lipinski definition) is 2. The average Bonchev–Trinajstić information content (AvgIpc) is 2.84. The summed E-state index contributed by atoms with van der Waals surface area (Å²) in [4.78, 5) is 5.30. The second-order valence-corrected chi connectivity index (χ2v) is 7.27. The van der Waals surface area contributed by atoms with Crippen LogP contribution in [0.4, 0.5) is 5.69 Å². The molecule has 0 aliphatic rings. The van der Waals surface area contributed by atoms with Crippen LogP contribution in [0, 0.1) is 6.92 Å². The molecule has 1 aromatic heterocycles. The first-order valence-electron chi connectivity index (χ1n) is 5.87. The smallest absolute Gasteiger partial charge is 0.243 e. The van der Waals surface area contributed by atoms with Crippen LogP contribution in [0.5, 0.6) is 0 Å². The molecule has 0 unspecified atom stereocenters. The number of sulfonamides is 1. The van der Waals surface area contributed by atoms with Crippen LogP contribution in [0.2, 0.25) is 0 Å². The number of nitrogens with one attached hydrogen (secondary N) is 1. The van der Waals surface area contributed by atoms with Gasteiger partial charge in [-0.3, -0.25) is 5.84 Å². The maximum Gasteiger partial charge on any atom is 0.243 e. The number of nitrogens with zero attached hydrogens (tertiary/aromatic N) is 2. The van der Waals surface area contributed by atoms with Gasteiger partial charge in [0.05, 0.1) is 16.1 Å². The summed E-state index contributed by atoms with van der Waals surface area (Å²) in [5.74, 6) is 5.26. The lowest BCUT2D eigenvalue weighted by atomic mass is 10.3. The number of thiazole rings is 1. The molecule has 6 nitrogen and oxygen atoms in total. The summed E-state index contributed by atoms with van der Waals surface area (Å²) in [6.45, 7) is 2.18. The number of rotatable bonds is 5. The highest BCUT2D eigenvalue weighted by molar-refractivity contribution is 7.89. The van der Waals surface area contributed by atoms with E-state index in [1.54, 1.807) is 24.7 Å². The maximum atomic E-state index is 12.4. The van der Waals surface area contributed by atoms with Crippen molar-refractivity contribution >= 4 is 27.0 Å². The minimum Gasteiger partial charge on any atom is -0.324 e. The van der Waals surface area contributed by atoms with Crippen LogP contribution in [0.3, 0.4) is 0 Å². The third-order valence-corrected chi connectivity index (χ3v) is 5.68. The highest BCUT2D eigenvalue weighted by Crippen LogP contribution is 2.21. The quantitative estimate of drug-likeness (QED) is 0.646. The van der Waals surface area contributed by atoms with E-state index < -0.39 is 10.0 Å². The molecular weight excluding hydrogens is 296 g/mol. The number of aromatic nitrogens is 1. The molecule has 1 heterocycles. The van der Waals surface area contributed by atoms with Crippen molar-refractivity contribution < 1.29 is 8.42 Å². The van der Waals surface area contributed by atoms with Crippen molar-refractivity contribution in [2.75, 3.05) is 12.5 Å².